The lowest BCUT2D eigenvalue weighted by molar-refractivity contribution is -0.131. The number of pyridine rings is 1. The minimum Gasteiger partial charge on any atom is -0.353 e. The van der Waals surface area contributed by atoms with Gasteiger partial charge in [0.2, 0.25) is 5.91 Å². The molecular weight excluding hydrogens is 356 g/mol. The number of nitriles is 1. The van der Waals surface area contributed by atoms with Gasteiger partial charge >= 0.3 is 6.03 Å². The molecule has 1 saturated heterocycles. The molecule has 8 heteroatoms. The summed E-state index contributed by atoms with van der Waals surface area (Å²) < 4.78 is 0. The maximum atomic E-state index is 12.4. The maximum Gasteiger partial charge on any atom is 0.319 e. The summed E-state index contributed by atoms with van der Waals surface area (Å²) in [5, 5.41) is 14.3. The third-order valence-corrected chi connectivity index (χ3v) is 4.53. The van der Waals surface area contributed by atoms with E-state index in [4.69, 9.17) is 5.26 Å². The minimum atomic E-state index is -0.435. The molecule has 0 bridgehead atoms. The van der Waals surface area contributed by atoms with Gasteiger partial charge in [-0.05, 0) is 24.3 Å². The molecule has 0 aliphatic carbocycles. The zero-order valence-electron chi connectivity index (χ0n) is 15.5. The average Bonchev–Trinajstić information content (AvgIpc) is 2.75. The molecule has 0 radical (unpaired) electrons. The standard InChI is InChI=1S/C20H22N6O2/c21-15-16-5-1-2-6-17(16)24-20(28)23-10-8-19(27)26-13-11-25(12-14-26)18-7-3-4-9-22-18/h1-7,9H,8,10-14H2,(H2,23,24,28). The molecule has 1 aromatic carbocycles. The zero-order chi connectivity index (χ0) is 19.8. The van der Waals surface area contributed by atoms with Gasteiger partial charge in [-0.3, -0.25) is 4.79 Å². The van der Waals surface area contributed by atoms with Gasteiger partial charge in [-0.15, -0.1) is 0 Å². The van der Waals surface area contributed by atoms with Crippen molar-refractivity contribution in [3.63, 3.8) is 0 Å². The lowest BCUT2D eigenvalue weighted by Gasteiger charge is -2.35. The smallest absolute Gasteiger partial charge is 0.319 e. The van der Waals surface area contributed by atoms with Gasteiger partial charge in [-0.1, -0.05) is 18.2 Å². The quantitative estimate of drug-likeness (QED) is 0.826. The van der Waals surface area contributed by atoms with Crippen LogP contribution in [-0.2, 0) is 4.79 Å². The summed E-state index contributed by atoms with van der Waals surface area (Å²) in [7, 11) is 0. The molecule has 2 aromatic rings. The summed E-state index contributed by atoms with van der Waals surface area (Å²) in [4.78, 5) is 32.6. The summed E-state index contributed by atoms with van der Waals surface area (Å²) in [6.07, 6.45) is 2.00. The number of rotatable bonds is 5. The lowest BCUT2D eigenvalue weighted by atomic mass is 10.2. The number of benzene rings is 1. The van der Waals surface area contributed by atoms with Gasteiger partial charge in [0.05, 0.1) is 11.3 Å². The van der Waals surface area contributed by atoms with E-state index in [9.17, 15) is 9.59 Å². The normalized spacial score (nSPS) is 13.5. The van der Waals surface area contributed by atoms with Crippen molar-refractivity contribution in [3.05, 3.63) is 54.2 Å². The van der Waals surface area contributed by atoms with Crippen LogP contribution in [0.3, 0.4) is 0 Å². The van der Waals surface area contributed by atoms with Crippen LogP contribution in [0, 0.1) is 11.3 Å². The summed E-state index contributed by atoms with van der Waals surface area (Å²) in [5.74, 6) is 0.934. The van der Waals surface area contributed by atoms with Crippen molar-refractivity contribution in [2.75, 3.05) is 42.9 Å². The summed E-state index contributed by atoms with van der Waals surface area (Å²) in [5.41, 5.74) is 0.832. The third-order valence-electron chi connectivity index (χ3n) is 4.53. The Bertz CT molecular complexity index is 856. The second kappa shape index (κ2) is 9.37. The second-order valence-corrected chi connectivity index (χ2v) is 6.34. The summed E-state index contributed by atoms with van der Waals surface area (Å²) >= 11 is 0. The lowest BCUT2D eigenvalue weighted by Crippen LogP contribution is -2.49. The molecule has 1 aromatic heterocycles. The van der Waals surface area contributed by atoms with E-state index in [0.29, 0.717) is 24.3 Å². The Morgan fingerprint density at radius 3 is 2.54 bits per heavy atom. The van der Waals surface area contributed by atoms with E-state index in [2.05, 4.69) is 20.5 Å². The van der Waals surface area contributed by atoms with Crippen LogP contribution in [0.4, 0.5) is 16.3 Å². The van der Waals surface area contributed by atoms with Crippen molar-refractivity contribution >= 4 is 23.4 Å². The van der Waals surface area contributed by atoms with E-state index < -0.39 is 6.03 Å². The first kappa shape index (κ1) is 19.2. The van der Waals surface area contributed by atoms with Crippen LogP contribution in [0.5, 0.6) is 0 Å². The number of aromatic nitrogens is 1. The first-order valence-corrected chi connectivity index (χ1v) is 9.15. The van der Waals surface area contributed by atoms with Gasteiger partial charge in [0.1, 0.15) is 11.9 Å². The Kier molecular flexibility index (Phi) is 6.41. The number of carbonyl (C=O) groups excluding carboxylic acids is 2. The molecule has 2 heterocycles. The number of piperazine rings is 1. The molecule has 8 nitrogen and oxygen atoms in total. The topological polar surface area (TPSA) is 101 Å². The van der Waals surface area contributed by atoms with Crippen LogP contribution in [0.25, 0.3) is 0 Å². The highest BCUT2D eigenvalue weighted by Crippen LogP contribution is 2.14. The molecule has 1 fully saturated rings. The Morgan fingerprint density at radius 2 is 1.82 bits per heavy atom. The summed E-state index contributed by atoms with van der Waals surface area (Å²) in [6, 6.07) is 14.1. The van der Waals surface area contributed by atoms with Crippen molar-refractivity contribution < 1.29 is 9.59 Å². The van der Waals surface area contributed by atoms with Crippen LogP contribution >= 0.6 is 0 Å². The van der Waals surface area contributed by atoms with E-state index in [0.717, 1.165) is 18.9 Å². The Morgan fingerprint density at radius 1 is 1.07 bits per heavy atom. The average molecular weight is 378 g/mol. The van der Waals surface area contributed by atoms with Crippen LogP contribution < -0.4 is 15.5 Å². The number of nitrogens with one attached hydrogen (secondary N) is 2. The largest absolute Gasteiger partial charge is 0.353 e. The van der Waals surface area contributed by atoms with Gasteiger partial charge in [0.25, 0.3) is 0 Å². The molecule has 1 aliphatic heterocycles. The fourth-order valence-corrected chi connectivity index (χ4v) is 3.02. The molecule has 0 spiro atoms. The van der Waals surface area contributed by atoms with E-state index in [1.54, 1.807) is 30.5 Å². The number of nitrogens with zero attached hydrogens (tertiary/aromatic N) is 4. The van der Waals surface area contributed by atoms with E-state index in [1.165, 1.54) is 0 Å². The van der Waals surface area contributed by atoms with Gasteiger partial charge in [0.15, 0.2) is 0 Å². The van der Waals surface area contributed by atoms with Gasteiger partial charge in [-0.25, -0.2) is 9.78 Å². The number of hydrogen-bond acceptors (Lipinski definition) is 5. The van der Waals surface area contributed by atoms with Crippen LogP contribution in [-0.4, -0.2) is 54.5 Å². The monoisotopic (exact) mass is 378 g/mol. The van der Waals surface area contributed by atoms with Crippen LogP contribution in [0.15, 0.2) is 48.7 Å². The van der Waals surface area contributed by atoms with E-state index in [-0.39, 0.29) is 18.9 Å². The number of para-hydroxylation sites is 1. The first-order chi connectivity index (χ1) is 13.7. The Labute approximate surface area is 163 Å². The number of amides is 3. The highest BCUT2D eigenvalue weighted by Gasteiger charge is 2.21. The SMILES string of the molecule is N#Cc1ccccc1NC(=O)NCCC(=O)N1CCN(c2ccccn2)CC1. The molecule has 28 heavy (non-hydrogen) atoms. The van der Waals surface area contributed by atoms with Gasteiger partial charge < -0.3 is 20.4 Å². The Balaban J connectivity index is 1.39. The zero-order valence-corrected chi connectivity index (χ0v) is 15.5. The van der Waals surface area contributed by atoms with Gasteiger partial charge in [-0.2, -0.15) is 5.26 Å². The third kappa shape index (κ3) is 4.98. The van der Waals surface area contributed by atoms with Crippen molar-refractivity contribution in [1.82, 2.24) is 15.2 Å². The van der Waals surface area contributed by atoms with Crippen molar-refractivity contribution in [3.8, 4) is 6.07 Å². The molecule has 0 unspecified atom stereocenters. The number of urea groups is 1. The highest BCUT2D eigenvalue weighted by molar-refractivity contribution is 5.91. The van der Waals surface area contributed by atoms with Gasteiger partial charge in [0, 0.05) is 45.3 Å². The van der Waals surface area contributed by atoms with E-state index in [1.807, 2.05) is 29.2 Å². The van der Waals surface area contributed by atoms with Crippen molar-refractivity contribution in [2.45, 2.75) is 6.42 Å². The molecular formula is C20H22N6O2. The summed E-state index contributed by atoms with van der Waals surface area (Å²) in [6.45, 7) is 2.98. The first-order valence-electron chi connectivity index (χ1n) is 9.15. The molecule has 3 amide bonds. The van der Waals surface area contributed by atoms with E-state index >= 15 is 0 Å². The molecule has 1 aliphatic rings. The fourth-order valence-electron chi connectivity index (χ4n) is 3.02. The highest BCUT2D eigenvalue weighted by atomic mass is 16.2. The molecule has 2 N–H and O–H groups in total. The van der Waals surface area contributed by atoms with Crippen molar-refractivity contribution in [1.29, 1.82) is 5.26 Å². The van der Waals surface area contributed by atoms with Crippen LogP contribution in [0.1, 0.15) is 12.0 Å². The predicted octanol–water partition coefficient (Wildman–Crippen LogP) is 1.81. The Hall–Kier alpha value is -3.60. The molecule has 144 valence electrons. The molecule has 3 rings (SSSR count). The van der Waals surface area contributed by atoms with Crippen LogP contribution in [0.2, 0.25) is 0 Å². The fraction of sp³-hybridized carbons (Fsp3) is 0.300. The number of anilines is 2. The minimum absolute atomic E-state index is 0.0124. The molecule has 0 atom stereocenters. The predicted molar refractivity (Wildman–Crippen MR) is 106 cm³/mol. The number of carbonyl (C=O) groups is 2. The number of hydrogen-bond donors (Lipinski definition) is 2. The second-order valence-electron chi connectivity index (χ2n) is 6.34. The maximum absolute atomic E-state index is 12.4. The molecule has 0 saturated carbocycles. The van der Waals surface area contributed by atoms with Crippen molar-refractivity contribution in [2.24, 2.45) is 0 Å².